The van der Waals surface area contributed by atoms with Crippen LogP contribution in [-0.4, -0.2) is 38.9 Å². The van der Waals surface area contributed by atoms with Crippen LogP contribution >= 0.6 is 0 Å². The first-order valence-corrected chi connectivity index (χ1v) is 6.75. The molecule has 6 nitrogen and oxygen atoms in total. The first kappa shape index (κ1) is 14.3. The van der Waals surface area contributed by atoms with Crippen molar-refractivity contribution in [3.63, 3.8) is 0 Å². The number of carbonyl (C=O) groups excluding carboxylic acids is 1. The van der Waals surface area contributed by atoms with Crippen molar-refractivity contribution < 1.29 is 14.3 Å². The zero-order valence-corrected chi connectivity index (χ0v) is 11.9. The van der Waals surface area contributed by atoms with Crippen molar-refractivity contribution in [1.82, 2.24) is 5.32 Å². The Labute approximate surface area is 118 Å². The largest absolute Gasteiger partial charge is 0.492 e. The van der Waals surface area contributed by atoms with Crippen LogP contribution in [0.4, 0.5) is 16.2 Å². The third kappa shape index (κ3) is 3.26. The number of nitrogen functional groups attached to an aromatic ring is 1. The molecular formula is C14H21N3O3. The fourth-order valence-electron chi connectivity index (χ4n) is 2.34. The molecule has 1 heterocycles. The highest BCUT2D eigenvalue weighted by molar-refractivity contribution is 5.68. The maximum Gasteiger partial charge on any atom is 0.407 e. The van der Waals surface area contributed by atoms with Gasteiger partial charge in [0.1, 0.15) is 5.75 Å². The van der Waals surface area contributed by atoms with Gasteiger partial charge in [-0.25, -0.2) is 4.79 Å². The van der Waals surface area contributed by atoms with E-state index in [-0.39, 0.29) is 12.1 Å². The molecule has 3 N–H and O–H groups in total. The van der Waals surface area contributed by atoms with Crippen LogP contribution in [0.3, 0.4) is 0 Å². The van der Waals surface area contributed by atoms with E-state index < -0.39 is 0 Å². The summed E-state index contributed by atoms with van der Waals surface area (Å²) in [5.41, 5.74) is 7.56. The van der Waals surface area contributed by atoms with Crippen LogP contribution < -0.4 is 20.7 Å². The zero-order valence-electron chi connectivity index (χ0n) is 11.9. The van der Waals surface area contributed by atoms with Crippen LogP contribution in [0.25, 0.3) is 0 Å². The molecule has 0 spiro atoms. The highest BCUT2D eigenvalue weighted by atomic mass is 16.5. The summed E-state index contributed by atoms with van der Waals surface area (Å²) in [6, 6.07) is 5.87. The maximum atomic E-state index is 11.2. The summed E-state index contributed by atoms with van der Waals surface area (Å²) in [7, 11) is 1.37. The van der Waals surface area contributed by atoms with Crippen LogP contribution in [-0.2, 0) is 4.74 Å². The number of nitrogens with zero attached hydrogens (tertiary/aromatic N) is 1. The van der Waals surface area contributed by atoms with Gasteiger partial charge in [-0.1, -0.05) is 0 Å². The minimum atomic E-state index is -0.385. The van der Waals surface area contributed by atoms with Crippen molar-refractivity contribution in [3.8, 4) is 5.75 Å². The summed E-state index contributed by atoms with van der Waals surface area (Å²) in [4.78, 5) is 13.4. The van der Waals surface area contributed by atoms with E-state index in [1.165, 1.54) is 7.11 Å². The van der Waals surface area contributed by atoms with Crippen molar-refractivity contribution >= 4 is 17.5 Å². The number of amides is 1. The Hall–Kier alpha value is -2.11. The van der Waals surface area contributed by atoms with Crippen LogP contribution in [0.1, 0.15) is 13.3 Å². The molecule has 0 saturated carbocycles. The van der Waals surface area contributed by atoms with Crippen LogP contribution in [0.15, 0.2) is 18.2 Å². The second-order valence-corrected chi connectivity index (χ2v) is 4.72. The van der Waals surface area contributed by atoms with Gasteiger partial charge in [0.05, 0.1) is 25.4 Å². The van der Waals surface area contributed by atoms with Crippen LogP contribution in [0, 0.1) is 0 Å². The quantitative estimate of drug-likeness (QED) is 0.819. The highest BCUT2D eigenvalue weighted by Gasteiger charge is 2.24. The molecule has 1 unspecified atom stereocenters. The minimum absolute atomic E-state index is 0.107. The number of hydrogen-bond acceptors (Lipinski definition) is 5. The molecule has 1 aliphatic rings. The van der Waals surface area contributed by atoms with Crippen LogP contribution in [0.5, 0.6) is 5.75 Å². The molecule has 110 valence electrons. The highest BCUT2D eigenvalue weighted by Crippen LogP contribution is 2.29. The van der Waals surface area contributed by atoms with E-state index in [1.54, 1.807) is 0 Å². The number of methoxy groups -OCH3 is 1. The van der Waals surface area contributed by atoms with E-state index in [4.69, 9.17) is 10.5 Å². The van der Waals surface area contributed by atoms with Gasteiger partial charge in [-0.15, -0.1) is 0 Å². The monoisotopic (exact) mass is 279 g/mol. The van der Waals surface area contributed by atoms with Gasteiger partial charge >= 0.3 is 6.09 Å². The predicted molar refractivity (Wildman–Crippen MR) is 78.2 cm³/mol. The Morgan fingerprint density at radius 2 is 2.35 bits per heavy atom. The van der Waals surface area contributed by atoms with E-state index in [1.807, 2.05) is 25.1 Å². The zero-order chi connectivity index (χ0) is 14.5. The second-order valence-electron chi connectivity index (χ2n) is 4.72. The number of carbonyl (C=O) groups is 1. The smallest absolute Gasteiger partial charge is 0.407 e. The van der Waals surface area contributed by atoms with Crippen molar-refractivity contribution in [2.24, 2.45) is 0 Å². The van der Waals surface area contributed by atoms with E-state index >= 15 is 0 Å². The average molecular weight is 279 g/mol. The summed E-state index contributed by atoms with van der Waals surface area (Å²) < 4.78 is 10.1. The van der Waals surface area contributed by atoms with Gasteiger partial charge in [-0.2, -0.15) is 0 Å². The molecule has 1 fully saturated rings. The number of anilines is 2. The summed E-state index contributed by atoms with van der Waals surface area (Å²) in [5, 5.41) is 2.82. The molecule has 1 saturated heterocycles. The Kier molecular flexibility index (Phi) is 4.55. The van der Waals surface area contributed by atoms with Crippen molar-refractivity contribution in [1.29, 1.82) is 0 Å². The minimum Gasteiger partial charge on any atom is -0.492 e. The molecule has 20 heavy (non-hydrogen) atoms. The molecule has 0 aliphatic carbocycles. The topological polar surface area (TPSA) is 76.8 Å². The Balaban J connectivity index is 2.02. The van der Waals surface area contributed by atoms with Gasteiger partial charge < -0.3 is 25.4 Å². The fraction of sp³-hybridized carbons (Fsp3) is 0.500. The van der Waals surface area contributed by atoms with Gasteiger partial charge in [0.25, 0.3) is 0 Å². The van der Waals surface area contributed by atoms with Crippen molar-refractivity contribution in [2.45, 2.75) is 19.4 Å². The van der Waals surface area contributed by atoms with E-state index in [2.05, 4.69) is 15.0 Å². The third-order valence-corrected chi connectivity index (χ3v) is 3.36. The Morgan fingerprint density at radius 3 is 3.05 bits per heavy atom. The maximum absolute atomic E-state index is 11.2. The van der Waals surface area contributed by atoms with Gasteiger partial charge in [-0.05, 0) is 25.5 Å². The van der Waals surface area contributed by atoms with Crippen molar-refractivity contribution in [2.75, 3.05) is 37.4 Å². The molecule has 2 rings (SSSR count). The first-order chi connectivity index (χ1) is 9.63. The molecule has 6 heteroatoms. The molecule has 1 aliphatic heterocycles. The van der Waals surface area contributed by atoms with Gasteiger partial charge in [0.15, 0.2) is 0 Å². The van der Waals surface area contributed by atoms with E-state index in [0.29, 0.717) is 18.0 Å². The number of alkyl carbamates (subject to hydrolysis) is 1. The number of benzene rings is 1. The van der Waals surface area contributed by atoms with E-state index in [0.717, 1.165) is 25.2 Å². The molecule has 0 aromatic heterocycles. The van der Waals surface area contributed by atoms with E-state index in [9.17, 15) is 4.79 Å². The molecule has 1 atom stereocenters. The number of nitrogens with two attached hydrogens (primary N) is 1. The average Bonchev–Trinajstić information content (AvgIpc) is 2.90. The molecule has 0 radical (unpaired) electrons. The molecule has 1 amide bonds. The molecule has 1 aromatic rings. The second kappa shape index (κ2) is 6.36. The standard InChI is InChI=1S/C14H21N3O3/c1-3-20-13-8-11(4-5-12(13)15)17-7-6-10(9-17)16-14(18)19-2/h4-5,8,10H,3,6-7,9,15H2,1-2H3,(H,16,18). The third-order valence-electron chi connectivity index (χ3n) is 3.36. The lowest BCUT2D eigenvalue weighted by atomic mass is 10.2. The summed E-state index contributed by atoms with van der Waals surface area (Å²) >= 11 is 0. The molecular weight excluding hydrogens is 258 g/mol. The molecule has 1 aromatic carbocycles. The van der Waals surface area contributed by atoms with Gasteiger partial charge in [-0.3, -0.25) is 0 Å². The Morgan fingerprint density at radius 1 is 1.55 bits per heavy atom. The number of nitrogens with one attached hydrogen (secondary N) is 1. The Bertz CT molecular complexity index is 479. The number of hydrogen-bond donors (Lipinski definition) is 2. The first-order valence-electron chi connectivity index (χ1n) is 6.75. The number of rotatable bonds is 4. The van der Waals surface area contributed by atoms with Gasteiger partial charge in [0.2, 0.25) is 0 Å². The lowest BCUT2D eigenvalue weighted by Gasteiger charge is -2.20. The van der Waals surface area contributed by atoms with Crippen LogP contribution in [0.2, 0.25) is 0 Å². The number of ether oxygens (including phenoxy) is 2. The summed E-state index contributed by atoms with van der Waals surface area (Å²) in [6.45, 7) is 4.15. The fourth-order valence-corrected chi connectivity index (χ4v) is 2.34. The predicted octanol–water partition coefficient (Wildman–Crippen LogP) is 1.60. The lowest BCUT2D eigenvalue weighted by molar-refractivity contribution is 0.167. The summed E-state index contributed by atoms with van der Waals surface area (Å²) in [6.07, 6.45) is 0.507. The SMILES string of the molecule is CCOc1cc(N2CCC(NC(=O)OC)C2)ccc1N. The lowest BCUT2D eigenvalue weighted by Crippen LogP contribution is -2.36. The normalized spacial score (nSPS) is 17.9. The van der Waals surface area contributed by atoms with Gasteiger partial charge in [0, 0.05) is 24.8 Å². The summed E-state index contributed by atoms with van der Waals surface area (Å²) in [5.74, 6) is 0.703. The van der Waals surface area contributed by atoms with Crippen molar-refractivity contribution in [3.05, 3.63) is 18.2 Å². The molecule has 0 bridgehead atoms.